The molecule has 0 aromatic carbocycles. The molecule has 0 spiro atoms. The van der Waals surface area contributed by atoms with Crippen LogP contribution in [0.15, 0.2) is 0 Å². The molecule has 0 aliphatic heterocycles. The van der Waals surface area contributed by atoms with Crippen LogP contribution in [-0.2, 0) is 65.4 Å². The van der Waals surface area contributed by atoms with Gasteiger partial charge in [-0.2, -0.15) is 0 Å². The molecular weight excluding hydrogens is 1380 g/mol. The van der Waals surface area contributed by atoms with Crippen LogP contribution in [0.25, 0.3) is 0 Å². The molecule has 17 nitrogen and oxygen atoms in total. The SMILES string of the molecule is CCCCCCCCCCCCCCCC(=O)OC[C@H](COP(=O)(O)OC[C@H](O)COP(=O)(O)OC[C@@H](COC(=O)CCCCCCCCCCCCCCCCC(C)C)OC(=O)CCCCCCCCCCCCCCCCCCC(C)C)OC(=O)CCCCCCCCCCCCCCCCC(C)C. The lowest BCUT2D eigenvalue weighted by atomic mass is 10.0. The van der Waals surface area contributed by atoms with Crippen molar-refractivity contribution in [2.24, 2.45) is 17.8 Å². The molecule has 0 amide bonds. The van der Waals surface area contributed by atoms with Crippen LogP contribution in [-0.4, -0.2) is 96.7 Å². The van der Waals surface area contributed by atoms with Gasteiger partial charge in [-0.1, -0.05) is 408 Å². The van der Waals surface area contributed by atoms with E-state index >= 15 is 0 Å². The molecule has 0 fully saturated rings. The summed E-state index contributed by atoms with van der Waals surface area (Å²) in [4.78, 5) is 73.3. The van der Waals surface area contributed by atoms with E-state index in [0.717, 1.165) is 108 Å². The van der Waals surface area contributed by atoms with E-state index in [1.807, 2.05) is 0 Å². The highest BCUT2D eigenvalue weighted by atomic mass is 31.2. The van der Waals surface area contributed by atoms with Crippen LogP contribution in [0.5, 0.6) is 0 Å². The minimum atomic E-state index is -4.97. The maximum atomic E-state index is 13.2. The highest BCUT2D eigenvalue weighted by Crippen LogP contribution is 2.45. The van der Waals surface area contributed by atoms with Gasteiger partial charge in [-0.3, -0.25) is 37.3 Å². The first-order chi connectivity index (χ1) is 51.2. The van der Waals surface area contributed by atoms with Gasteiger partial charge in [0.25, 0.3) is 0 Å². The van der Waals surface area contributed by atoms with E-state index in [1.165, 1.54) is 270 Å². The third-order valence-corrected chi connectivity index (χ3v) is 22.3. The lowest BCUT2D eigenvalue weighted by Crippen LogP contribution is -2.30. The number of hydrogen-bond donors (Lipinski definition) is 3. The molecule has 3 N–H and O–H groups in total. The summed E-state index contributed by atoms with van der Waals surface area (Å²) in [6.07, 6.45) is 67.9. The predicted octanol–water partition coefficient (Wildman–Crippen LogP) is 26.5. The highest BCUT2D eigenvalue weighted by molar-refractivity contribution is 7.47. The Bertz CT molecular complexity index is 2040. The molecule has 0 aliphatic carbocycles. The first kappa shape index (κ1) is 104. The largest absolute Gasteiger partial charge is 0.472 e. The molecule has 0 radical (unpaired) electrons. The van der Waals surface area contributed by atoms with Crippen LogP contribution < -0.4 is 0 Å². The number of aliphatic hydroxyl groups excluding tert-OH is 1. The van der Waals surface area contributed by atoms with Crippen molar-refractivity contribution < 1.29 is 80.2 Å². The quantitative estimate of drug-likeness (QED) is 0.0222. The summed E-state index contributed by atoms with van der Waals surface area (Å²) < 4.78 is 69.0. The van der Waals surface area contributed by atoms with Gasteiger partial charge >= 0.3 is 39.5 Å². The Morgan fingerprint density at radius 2 is 0.434 bits per heavy atom. The minimum Gasteiger partial charge on any atom is -0.462 e. The van der Waals surface area contributed by atoms with Crippen molar-refractivity contribution in [3.05, 3.63) is 0 Å². The summed E-state index contributed by atoms with van der Waals surface area (Å²) in [5.41, 5.74) is 0. The maximum absolute atomic E-state index is 13.2. The standard InChI is InChI=1S/C87H170O17P2/c1-8-9-10-11-12-13-14-23-33-40-47-54-61-68-84(89)97-74-82(104-87(92)71-64-57-50-43-36-29-22-20-26-32-39-46-53-60-67-80(6)7)76-101-105(93,94)99-72-81(88)73-100-106(95,96)102-77-83(75-98-85(90)69-62-55-48-41-34-27-21-19-25-31-38-45-52-59-66-79(4)5)103-86(91)70-63-56-49-42-35-28-18-16-15-17-24-30-37-44-51-58-65-78(2)3/h78-83,88H,8-77H2,1-7H3,(H,93,94)(H,95,96)/t81-,82+,83+/m0/s1. The van der Waals surface area contributed by atoms with Gasteiger partial charge in [0, 0.05) is 25.7 Å². The molecule has 0 saturated heterocycles. The number of esters is 4. The second kappa shape index (κ2) is 77.0. The number of rotatable bonds is 85. The van der Waals surface area contributed by atoms with Crippen LogP contribution >= 0.6 is 15.6 Å². The van der Waals surface area contributed by atoms with Crippen LogP contribution in [0.2, 0.25) is 0 Å². The molecular formula is C87H170O17P2. The molecule has 0 aromatic heterocycles. The van der Waals surface area contributed by atoms with Crippen molar-refractivity contribution in [3.8, 4) is 0 Å². The average Bonchev–Trinajstić information content (AvgIpc) is 0.900. The molecule has 106 heavy (non-hydrogen) atoms. The molecule has 19 heteroatoms. The third-order valence-electron chi connectivity index (χ3n) is 20.4. The van der Waals surface area contributed by atoms with Gasteiger partial charge in [-0.15, -0.1) is 0 Å². The molecule has 0 aliphatic rings. The summed E-state index contributed by atoms with van der Waals surface area (Å²) >= 11 is 0. The molecule has 0 saturated carbocycles. The Balaban J connectivity index is 5.27. The molecule has 0 rings (SSSR count). The van der Waals surface area contributed by atoms with E-state index < -0.39 is 97.5 Å². The summed E-state index contributed by atoms with van der Waals surface area (Å²) in [7, 11) is -9.93. The van der Waals surface area contributed by atoms with Crippen LogP contribution in [0.3, 0.4) is 0 Å². The summed E-state index contributed by atoms with van der Waals surface area (Å²) in [5, 5.41) is 10.7. The smallest absolute Gasteiger partial charge is 0.462 e. The van der Waals surface area contributed by atoms with Crippen molar-refractivity contribution in [2.45, 2.75) is 478 Å². The normalized spacial score (nSPS) is 13.9. The van der Waals surface area contributed by atoms with Crippen molar-refractivity contribution in [1.29, 1.82) is 0 Å². The number of carbonyl (C=O) groups is 4. The maximum Gasteiger partial charge on any atom is 0.472 e. The van der Waals surface area contributed by atoms with E-state index in [2.05, 4.69) is 48.5 Å². The van der Waals surface area contributed by atoms with Gasteiger partial charge in [-0.25, -0.2) is 9.13 Å². The molecule has 630 valence electrons. The number of hydrogen-bond acceptors (Lipinski definition) is 15. The fourth-order valence-corrected chi connectivity index (χ4v) is 15.1. The number of ether oxygens (including phenoxy) is 4. The second-order valence-electron chi connectivity index (χ2n) is 32.7. The number of phosphoric acid groups is 2. The van der Waals surface area contributed by atoms with E-state index in [-0.39, 0.29) is 25.7 Å². The van der Waals surface area contributed by atoms with Gasteiger partial charge in [0.15, 0.2) is 12.2 Å². The van der Waals surface area contributed by atoms with E-state index in [1.54, 1.807) is 0 Å². The van der Waals surface area contributed by atoms with Gasteiger partial charge in [-0.05, 0) is 43.4 Å². The zero-order valence-electron chi connectivity index (χ0n) is 69.9. The van der Waals surface area contributed by atoms with Crippen LogP contribution in [0.4, 0.5) is 0 Å². The molecule has 0 bridgehead atoms. The zero-order chi connectivity index (χ0) is 77.9. The Morgan fingerprint density at radius 1 is 0.255 bits per heavy atom. The third kappa shape index (κ3) is 80.1. The summed E-state index contributed by atoms with van der Waals surface area (Å²) in [6, 6.07) is 0. The fraction of sp³-hybridized carbons (Fsp3) is 0.954. The van der Waals surface area contributed by atoms with Crippen molar-refractivity contribution in [3.63, 3.8) is 0 Å². The Kier molecular flexibility index (Phi) is 75.6. The van der Waals surface area contributed by atoms with Crippen LogP contribution in [0.1, 0.15) is 459 Å². The lowest BCUT2D eigenvalue weighted by Gasteiger charge is -2.21. The van der Waals surface area contributed by atoms with Crippen molar-refractivity contribution >= 4 is 39.5 Å². The number of unbranched alkanes of at least 4 members (excludes halogenated alkanes) is 53. The Hall–Kier alpha value is -1.94. The van der Waals surface area contributed by atoms with Crippen molar-refractivity contribution in [1.82, 2.24) is 0 Å². The second-order valence-corrected chi connectivity index (χ2v) is 35.6. The molecule has 0 heterocycles. The zero-order valence-corrected chi connectivity index (χ0v) is 71.7. The summed E-state index contributed by atoms with van der Waals surface area (Å²) in [6.45, 7) is 12.1. The fourth-order valence-electron chi connectivity index (χ4n) is 13.5. The van der Waals surface area contributed by atoms with Gasteiger partial charge in [0.05, 0.1) is 26.4 Å². The molecule has 2 unspecified atom stereocenters. The van der Waals surface area contributed by atoms with Gasteiger partial charge in [0.2, 0.25) is 0 Å². The summed E-state index contributed by atoms with van der Waals surface area (Å²) in [5.74, 6) is 0.303. The topological polar surface area (TPSA) is 237 Å². The monoisotopic (exact) mass is 1550 g/mol. The first-order valence-electron chi connectivity index (χ1n) is 44.8. The minimum absolute atomic E-state index is 0.108. The molecule has 0 aromatic rings. The number of aliphatic hydroxyl groups is 1. The Morgan fingerprint density at radius 3 is 0.642 bits per heavy atom. The average molecular weight is 1550 g/mol. The van der Waals surface area contributed by atoms with Crippen LogP contribution in [0, 0.1) is 17.8 Å². The lowest BCUT2D eigenvalue weighted by molar-refractivity contribution is -0.161. The van der Waals surface area contributed by atoms with E-state index in [4.69, 9.17) is 37.0 Å². The van der Waals surface area contributed by atoms with Gasteiger partial charge < -0.3 is 33.8 Å². The predicted molar refractivity (Wildman–Crippen MR) is 437 cm³/mol. The Labute approximate surface area is 651 Å². The van der Waals surface area contributed by atoms with E-state index in [9.17, 15) is 43.2 Å². The number of phosphoric ester groups is 2. The number of carbonyl (C=O) groups excluding carboxylic acids is 4. The molecule has 5 atom stereocenters. The van der Waals surface area contributed by atoms with Crippen molar-refractivity contribution in [2.75, 3.05) is 39.6 Å². The van der Waals surface area contributed by atoms with Gasteiger partial charge in [0.1, 0.15) is 19.3 Å². The van der Waals surface area contributed by atoms with E-state index in [0.29, 0.717) is 25.7 Å². The highest BCUT2D eigenvalue weighted by Gasteiger charge is 2.30. The first-order valence-corrected chi connectivity index (χ1v) is 47.8.